The number of nitrogens with zero attached hydrogens (tertiary/aromatic N) is 3. The van der Waals surface area contributed by atoms with Gasteiger partial charge in [-0.2, -0.15) is 5.10 Å². The first-order valence-electron chi connectivity index (χ1n) is 5.96. The Morgan fingerprint density at radius 3 is 3.00 bits per heavy atom. The van der Waals surface area contributed by atoms with Gasteiger partial charge in [0.2, 0.25) is 0 Å². The molecule has 0 aliphatic rings. The second-order valence-corrected chi connectivity index (χ2v) is 6.22. The molecular formula is C13H13BrIN3O. The van der Waals surface area contributed by atoms with Crippen molar-refractivity contribution in [2.75, 3.05) is 0 Å². The zero-order chi connectivity index (χ0) is 13.8. The van der Waals surface area contributed by atoms with Crippen LogP contribution in [0.5, 0.6) is 0 Å². The lowest BCUT2D eigenvalue weighted by molar-refractivity contribution is 0.0988. The van der Waals surface area contributed by atoms with E-state index in [-0.39, 0.29) is 12.2 Å². The quantitative estimate of drug-likeness (QED) is 0.535. The Kier molecular flexibility index (Phi) is 5.09. The fourth-order valence-electron chi connectivity index (χ4n) is 1.77. The number of benzene rings is 1. The zero-order valence-corrected chi connectivity index (χ0v) is 14.2. The van der Waals surface area contributed by atoms with Gasteiger partial charge in [-0.1, -0.05) is 22.9 Å². The second kappa shape index (κ2) is 6.60. The van der Waals surface area contributed by atoms with E-state index in [1.54, 1.807) is 4.68 Å². The van der Waals surface area contributed by atoms with Crippen LogP contribution in [0.2, 0.25) is 0 Å². The van der Waals surface area contributed by atoms with Crippen molar-refractivity contribution in [3.8, 4) is 0 Å². The maximum Gasteiger partial charge on any atom is 0.171 e. The molecule has 0 radical (unpaired) electrons. The van der Waals surface area contributed by atoms with Crippen LogP contribution in [0.25, 0.3) is 0 Å². The zero-order valence-electron chi connectivity index (χ0n) is 10.4. The first-order valence-corrected chi connectivity index (χ1v) is 7.84. The maximum absolute atomic E-state index is 12.3. The van der Waals surface area contributed by atoms with Crippen LogP contribution in [0.3, 0.4) is 0 Å². The minimum atomic E-state index is 0.0516. The van der Waals surface area contributed by atoms with Crippen LogP contribution in [0.4, 0.5) is 0 Å². The third kappa shape index (κ3) is 3.62. The third-order valence-electron chi connectivity index (χ3n) is 2.68. The normalized spacial score (nSPS) is 10.7. The molecule has 4 nitrogen and oxygen atoms in total. The molecule has 0 saturated heterocycles. The molecule has 1 aromatic heterocycles. The van der Waals surface area contributed by atoms with Crippen LogP contribution in [0, 0.1) is 3.57 Å². The number of rotatable bonds is 5. The lowest BCUT2D eigenvalue weighted by Crippen LogP contribution is -2.12. The van der Waals surface area contributed by atoms with Gasteiger partial charge in [0.15, 0.2) is 5.78 Å². The second-order valence-electron chi connectivity index (χ2n) is 4.12. The van der Waals surface area contributed by atoms with Crippen LogP contribution in [-0.4, -0.2) is 20.5 Å². The highest BCUT2D eigenvalue weighted by molar-refractivity contribution is 14.1. The van der Waals surface area contributed by atoms with Crippen LogP contribution in [0.15, 0.2) is 29.0 Å². The van der Waals surface area contributed by atoms with Crippen molar-refractivity contribution in [1.82, 2.24) is 14.8 Å². The molecule has 0 saturated carbocycles. The molecule has 1 heterocycles. The van der Waals surface area contributed by atoms with Crippen LogP contribution >= 0.6 is 38.5 Å². The molecule has 0 aliphatic carbocycles. The summed E-state index contributed by atoms with van der Waals surface area (Å²) >= 11 is 5.62. The van der Waals surface area contributed by atoms with Crippen molar-refractivity contribution < 1.29 is 4.79 Å². The standard InChI is InChI=1S/C13H13BrIN3O/c1-2-5-18-13(16-8-17-18)7-12(19)10-6-9(15)3-4-11(10)14/h3-4,6,8H,2,5,7H2,1H3. The van der Waals surface area contributed by atoms with Crippen LogP contribution in [0.1, 0.15) is 29.5 Å². The maximum atomic E-state index is 12.3. The summed E-state index contributed by atoms with van der Waals surface area (Å²) < 4.78 is 3.65. The minimum Gasteiger partial charge on any atom is -0.294 e. The van der Waals surface area contributed by atoms with E-state index >= 15 is 0 Å². The van der Waals surface area contributed by atoms with Crippen molar-refractivity contribution in [2.24, 2.45) is 0 Å². The van der Waals surface area contributed by atoms with Gasteiger partial charge < -0.3 is 0 Å². The van der Waals surface area contributed by atoms with Crippen molar-refractivity contribution in [2.45, 2.75) is 26.3 Å². The first-order chi connectivity index (χ1) is 9.11. The number of ketones is 1. The summed E-state index contributed by atoms with van der Waals surface area (Å²) in [7, 11) is 0. The molecule has 2 aromatic rings. The molecule has 1 aromatic carbocycles. The Hall–Kier alpha value is -0.760. The molecule has 0 fully saturated rings. The molecule has 0 unspecified atom stereocenters. The monoisotopic (exact) mass is 433 g/mol. The molecule has 0 N–H and O–H groups in total. The first kappa shape index (κ1) is 14.6. The molecule has 0 bridgehead atoms. The lowest BCUT2D eigenvalue weighted by Gasteiger charge is -2.06. The van der Waals surface area contributed by atoms with E-state index in [0.29, 0.717) is 5.56 Å². The van der Waals surface area contributed by atoms with Gasteiger partial charge >= 0.3 is 0 Å². The number of hydrogen-bond acceptors (Lipinski definition) is 3. The van der Waals surface area contributed by atoms with Crippen molar-refractivity contribution in [3.05, 3.63) is 44.0 Å². The molecule has 0 spiro atoms. The molecule has 19 heavy (non-hydrogen) atoms. The van der Waals surface area contributed by atoms with Gasteiger partial charge in [-0.25, -0.2) is 9.67 Å². The van der Waals surface area contributed by atoms with Gasteiger partial charge in [-0.15, -0.1) is 0 Å². The minimum absolute atomic E-state index is 0.0516. The average Bonchev–Trinajstić information content (AvgIpc) is 2.80. The Labute approximate surface area is 133 Å². The number of carbonyl (C=O) groups is 1. The van der Waals surface area contributed by atoms with Gasteiger partial charge in [0.05, 0.1) is 6.42 Å². The molecule has 0 atom stereocenters. The summed E-state index contributed by atoms with van der Waals surface area (Å²) in [6, 6.07) is 5.74. The van der Waals surface area contributed by atoms with Crippen LogP contribution < -0.4 is 0 Å². The number of aryl methyl sites for hydroxylation is 1. The molecule has 0 amide bonds. The van der Waals surface area contributed by atoms with E-state index in [9.17, 15) is 4.79 Å². The summed E-state index contributed by atoms with van der Waals surface area (Å²) in [4.78, 5) is 16.5. The Balaban J connectivity index is 2.21. The Morgan fingerprint density at radius 2 is 2.26 bits per heavy atom. The molecule has 6 heteroatoms. The average molecular weight is 434 g/mol. The highest BCUT2D eigenvalue weighted by Gasteiger charge is 2.14. The van der Waals surface area contributed by atoms with E-state index in [1.807, 2.05) is 18.2 Å². The van der Waals surface area contributed by atoms with E-state index in [0.717, 1.165) is 26.8 Å². The predicted molar refractivity (Wildman–Crippen MR) is 85.2 cm³/mol. The van der Waals surface area contributed by atoms with Crippen molar-refractivity contribution in [1.29, 1.82) is 0 Å². The van der Waals surface area contributed by atoms with E-state index in [2.05, 4.69) is 55.5 Å². The molecular weight excluding hydrogens is 421 g/mol. The van der Waals surface area contributed by atoms with Gasteiger partial charge in [0.1, 0.15) is 12.2 Å². The number of aromatic nitrogens is 3. The van der Waals surface area contributed by atoms with Gasteiger partial charge in [-0.05, 0) is 47.2 Å². The summed E-state index contributed by atoms with van der Waals surface area (Å²) in [6.07, 6.45) is 2.75. The summed E-state index contributed by atoms with van der Waals surface area (Å²) in [5.74, 6) is 0.772. The number of hydrogen-bond donors (Lipinski definition) is 0. The topological polar surface area (TPSA) is 47.8 Å². The highest BCUT2D eigenvalue weighted by Crippen LogP contribution is 2.21. The van der Waals surface area contributed by atoms with E-state index < -0.39 is 0 Å². The SMILES string of the molecule is CCCn1ncnc1CC(=O)c1cc(I)ccc1Br. The number of Topliss-reactive ketones (excluding diaryl/α,β-unsaturated/α-hetero) is 1. The smallest absolute Gasteiger partial charge is 0.171 e. The van der Waals surface area contributed by atoms with Crippen molar-refractivity contribution >= 4 is 44.3 Å². The number of carbonyl (C=O) groups excluding carboxylic acids is 1. The predicted octanol–water partition coefficient (Wildman–Crippen LogP) is 3.48. The van der Waals surface area contributed by atoms with E-state index in [4.69, 9.17) is 0 Å². The Bertz CT molecular complexity index is 597. The van der Waals surface area contributed by atoms with Gasteiger partial charge in [0, 0.05) is 20.2 Å². The molecule has 0 aliphatic heterocycles. The summed E-state index contributed by atoms with van der Waals surface area (Å²) in [6.45, 7) is 2.86. The van der Waals surface area contributed by atoms with Gasteiger partial charge in [-0.3, -0.25) is 4.79 Å². The fourth-order valence-corrected chi connectivity index (χ4v) is 2.73. The largest absolute Gasteiger partial charge is 0.294 e. The van der Waals surface area contributed by atoms with Crippen molar-refractivity contribution in [3.63, 3.8) is 0 Å². The lowest BCUT2D eigenvalue weighted by atomic mass is 10.1. The van der Waals surface area contributed by atoms with Crippen LogP contribution in [-0.2, 0) is 13.0 Å². The van der Waals surface area contributed by atoms with E-state index in [1.165, 1.54) is 6.33 Å². The Morgan fingerprint density at radius 1 is 1.47 bits per heavy atom. The fraction of sp³-hybridized carbons (Fsp3) is 0.308. The summed E-state index contributed by atoms with van der Waals surface area (Å²) in [5, 5.41) is 4.13. The van der Waals surface area contributed by atoms with Gasteiger partial charge in [0.25, 0.3) is 0 Å². The third-order valence-corrected chi connectivity index (χ3v) is 4.04. The highest BCUT2D eigenvalue weighted by atomic mass is 127. The molecule has 100 valence electrons. The molecule has 2 rings (SSSR count). The number of halogens is 2. The summed E-state index contributed by atoms with van der Waals surface area (Å²) in [5.41, 5.74) is 0.693.